The van der Waals surface area contributed by atoms with E-state index in [1.807, 2.05) is 0 Å². The zero-order valence-corrected chi connectivity index (χ0v) is 16.5. The fraction of sp³-hybridized carbons (Fsp3) is 0.0417. The van der Waals surface area contributed by atoms with Crippen molar-refractivity contribution < 1.29 is 28.7 Å². The third kappa shape index (κ3) is 2.89. The lowest BCUT2D eigenvalue weighted by Crippen LogP contribution is -2.33. The molecule has 3 aromatic rings. The van der Waals surface area contributed by atoms with Crippen molar-refractivity contribution in [1.82, 2.24) is 4.90 Å². The Balaban J connectivity index is 1.33. The van der Waals surface area contributed by atoms with Crippen LogP contribution in [-0.4, -0.2) is 41.2 Å². The zero-order chi connectivity index (χ0) is 22.4. The minimum absolute atomic E-state index is 0.0654. The van der Waals surface area contributed by atoms with E-state index < -0.39 is 36.3 Å². The standard InChI is InChI=1S/C24H14N2O6/c27-20-16-8-1-2-9-17(16)21(28)25(20)13-32-24(31)14-6-5-7-15(12-14)26-22(29)18-10-3-4-11-19(18)23(26)30/h1-12H,13H2. The number of fused-ring (bicyclic) bond motifs is 2. The van der Waals surface area contributed by atoms with E-state index in [1.54, 1.807) is 36.4 Å². The molecule has 0 bridgehead atoms. The number of ether oxygens (including phenoxy) is 1. The number of imide groups is 2. The molecule has 0 unspecified atom stereocenters. The average Bonchev–Trinajstić information content (AvgIpc) is 3.22. The summed E-state index contributed by atoms with van der Waals surface area (Å²) in [6.45, 7) is -0.553. The summed E-state index contributed by atoms with van der Waals surface area (Å²) in [6, 6.07) is 18.7. The summed E-state index contributed by atoms with van der Waals surface area (Å²) >= 11 is 0. The van der Waals surface area contributed by atoms with Crippen molar-refractivity contribution in [1.29, 1.82) is 0 Å². The molecule has 0 saturated carbocycles. The van der Waals surface area contributed by atoms with Crippen LogP contribution in [0.3, 0.4) is 0 Å². The summed E-state index contributed by atoms with van der Waals surface area (Å²) in [5.74, 6) is -2.86. The van der Waals surface area contributed by atoms with E-state index in [9.17, 15) is 24.0 Å². The quantitative estimate of drug-likeness (QED) is 0.470. The number of esters is 1. The van der Waals surface area contributed by atoms with Gasteiger partial charge in [0.15, 0.2) is 6.73 Å². The number of hydrogen-bond donors (Lipinski definition) is 0. The van der Waals surface area contributed by atoms with E-state index in [4.69, 9.17) is 4.74 Å². The molecule has 4 amide bonds. The molecule has 8 heteroatoms. The average molecular weight is 426 g/mol. The van der Waals surface area contributed by atoms with Gasteiger partial charge in [-0.15, -0.1) is 0 Å². The topological polar surface area (TPSA) is 101 Å². The Bertz CT molecular complexity index is 1280. The van der Waals surface area contributed by atoms with Crippen LogP contribution in [0, 0.1) is 0 Å². The van der Waals surface area contributed by atoms with E-state index in [0.717, 1.165) is 9.80 Å². The zero-order valence-electron chi connectivity index (χ0n) is 16.5. The SMILES string of the molecule is O=C(OCN1C(=O)c2ccccc2C1=O)c1cccc(N2C(=O)c3ccccc3C2=O)c1. The number of carbonyl (C=O) groups is 5. The molecule has 0 fully saturated rings. The van der Waals surface area contributed by atoms with Gasteiger partial charge in [0.25, 0.3) is 23.6 Å². The number of carbonyl (C=O) groups excluding carboxylic acids is 5. The molecule has 0 aliphatic carbocycles. The van der Waals surface area contributed by atoms with Gasteiger partial charge in [0, 0.05) is 0 Å². The maximum atomic E-state index is 12.7. The van der Waals surface area contributed by atoms with Gasteiger partial charge < -0.3 is 4.74 Å². The second-order valence-electron chi connectivity index (χ2n) is 7.19. The summed E-state index contributed by atoms with van der Waals surface area (Å²) in [6.07, 6.45) is 0. The van der Waals surface area contributed by atoms with E-state index >= 15 is 0 Å². The van der Waals surface area contributed by atoms with Crippen LogP contribution in [-0.2, 0) is 4.74 Å². The molecule has 5 rings (SSSR count). The Morgan fingerprint density at radius 1 is 0.656 bits per heavy atom. The van der Waals surface area contributed by atoms with Crippen LogP contribution < -0.4 is 4.90 Å². The van der Waals surface area contributed by atoms with Gasteiger partial charge in [-0.05, 0) is 42.5 Å². The monoisotopic (exact) mass is 426 g/mol. The molecule has 0 aromatic heterocycles. The number of amides is 4. The number of rotatable bonds is 4. The minimum Gasteiger partial charge on any atom is -0.440 e. The summed E-state index contributed by atoms with van der Waals surface area (Å²) < 4.78 is 5.17. The molecule has 2 heterocycles. The first kappa shape index (κ1) is 19.4. The Morgan fingerprint density at radius 3 is 1.69 bits per heavy atom. The molecule has 0 radical (unpaired) electrons. The van der Waals surface area contributed by atoms with Crippen LogP contribution in [0.25, 0.3) is 0 Å². The van der Waals surface area contributed by atoms with Crippen molar-refractivity contribution in [3.63, 3.8) is 0 Å². The summed E-state index contributed by atoms with van der Waals surface area (Å²) in [4.78, 5) is 64.6. The molecule has 156 valence electrons. The highest BCUT2D eigenvalue weighted by atomic mass is 16.5. The molecule has 8 nitrogen and oxygen atoms in total. The second kappa shape index (κ2) is 7.28. The minimum atomic E-state index is -0.806. The van der Waals surface area contributed by atoms with Crippen molar-refractivity contribution in [2.75, 3.05) is 11.6 Å². The number of hydrogen-bond acceptors (Lipinski definition) is 6. The van der Waals surface area contributed by atoms with E-state index in [-0.39, 0.29) is 33.5 Å². The van der Waals surface area contributed by atoms with Crippen molar-refractivity contribution >= 4 is 35.3 Å². The molecular formula is C24H14N2O6. The highest BCUT2D eigenvalue weighted by Gasteiger charge is 2.37. The van der Waals surface area contributed by atoms with Crippen LogP contribution in [0.15, 0.2) is 72.8 Å². The van der Waals surface area contributed by atoms with Gasteiger partial charge in [-0.1, -0.05) is 30.3 Å². The van der Waals surface area contributed by atoms with Gasteiger partial charge in [-0.2, -0.15) is 0 Å². The van der Waals surface area contributed by atoms with Crippen molar-refractivity contribution in [3.8, 4) is 0 Å². The van der Waals surface area contributed by atoms with E-state index in [1.165, 1.54) is 36.4 Å². The number of benzene rings is 3. The van der Waals surface area contributed by atoms with Gasteiger partial charge in [-0.3, -0.25) is 19.2 Å². The Hall–Kier alpha value is -4.59. The summed E-state index contributed by atoms with van der Waals surface area (Å²) in [7, 11) is 0. The van der Waals surface area contributed by atoms with Crippen molar-refractivity contribution in [3.05, 3.63) is 101 Å². The molecule has 0 N–H and O–H groups in total. The van der Waals surface area contributed by atoms with Crippen LogP contribution >= 0.6 is 0 Å². The second-order valence-corrected chi connectivity index (χ2v) is 7.19. The Labute approximate surface area is 181 Å². The fourth-order valence-corrected chi connectivity index (χ4v) is 3.76. The lowest BCUT2D eigenvalue weighted by Gasteiger charge is -2.16. The molecule has 3 aromatic carbocycles. The third-order valence-corrected chi connectivity index (χ3v) is 5.34. The lowest BCUT2D eigenvalue weighted by atomic mass is 10.1. The summed E-state index contributed by atoms with van der Waals surface area (Å²) in [5, 5.41) is 0. The van der Waals surface area contributed by atoms with E-state index in [0.29, 0.717) is 0 Å². The Kier molecular flexibility index (Phi) is 4.41. The largest absolute Gasteiger partial charge is 0.440 e. The lowest BCUT2D eigenvalue weighted by molar-refractivity contribution is 0.0227. The van der Waals surface area contributed by atoms with Gasteiger partial charge >= 0.3 is 5.97 Å². The van der Waals surface area contributed by atoms with Crippen LogP contribution in [0.4, 0.5) is 5.69 Å². The molecule has 32 heavy (non-hydrogen) atoms. The number of anilines is 1. The molecule has 0 atom stereocenters. The van der Waals surface area contributed by atoms with Crippen LogP contribution in [0.5, 0.6) is 0 Å². The predicted molar refractivity (Wildman–Crippen MR) is 111 cm³/mol. The maximum Gasteiger partial charge on any atom is 0.339 e. The fourth-order valence-electron chi connectivity index (χ4n) is 3.76. The highest BCUT2D eigenvalue weighted by molar-refractivity contribution is 6.34. The van der Waals surface area contributed by atoms with Gasteiger partial charge in [0.1, 0.15) is 0 Å². The van der Waals surface area contributed by atoms with Crippen molar-refractivity contribution in [2.45, 2.75) is 0 Å². The smallest absolute Gasteiger partial charge is 0.339 e. The normalized spacial score (nSPS) is 14.6. The first-order valence-electron chi connectivity index (χ1n) is 9.67. The third-order valence-electron chi connectivity index (χ3n) is 5.34. The highest BCUT2D eigenvalue weighted by Crippen LogP contribution is 2.29. The van der Waals surface area contributed by atoms with Crippen LogP contribution in [0.2, 0.25) is 0 Å². The van der Waals surface area contributed by atoms with Gasteiger partial charge in [0.05, 0.1) is 33.5 Å². The molecule has 0 saturated heterocycles. The first-order chi connectivity index (χ1) is 15.5. The van der Waals surface area contributed by atoms with Gasteiger partial charge in [-0.25, -0.2) is 14.6 Å². The maximum absolute atomic E-state index is 12.7. The van der Waals surface area contributed by atoms with Gasteiger partial charge in [0.2, 0.25) is 0 Å². The number of nitrogens with zero attached hydrogens (tertiary/aromatic N) is 2. The van der Waals surface area contributed by atoms with E-state index in [2.05, 4.69) is 0 Å². The molecule has 0 spiro atoms. The van der Waals surface area contributed by atoms with Crippen molar-refractivity contribution in [2.24, 2.45) is 0 Å². The predicted octanol–water partition coefficient (Wildman–Crippen LogP) is 2.90. The molecule has 2 aliphatic heterocycles. The summed E-state index contributed by atoms with van der Waals surface area (Å²) in [5.41, 5.74) is 1.36. The molecular weight excluding hydrogens is 412 g/mol. The van der Waals surface area contributed by atoms with Crippen LogP contribution in [0.1, 0.15) is 51.8 Å². The first-order valence-corrected chi connectivity index (χ1v) is 9.67. The Morgan fingerprint density at radius 2 is 1.16 bits per heavy atom. The molecule has 2 aliphatic rings.